The summed E-state index contributed by atoms with van der Waals surface area (Å²) in [6.07, 6.45) is 0.353. The van der Waals surface area contributed by atoms with Crippen molar-refractivity contribution in [1.29, 1.82) is 0 Å². The van der Waals surface area contributed by atoms with Gasteiger partial charge in [-0.2, -0.15) is 0 Å². The molecule has 0 N–H and O–H groups in total. The Balaban J connectivity index is 1.92. The van der Waals surface area contributed by atoms with Crippen LogP contribution in [0.1, 0.15) is 15.9 Å². The third kappa shape index (κ3) is 2.59. The minimum atomic E-state index is 0.00946. The summed E-state index contributed by atoms with van der Waals surface area (Å²) < 4.78 is 1.19. The fourth-order valence-corrected chi connectivity index (χ4v) is 3.63. The Bertz CT molecular complexity index is 792. The zero-order chi connectivity index (χ0) is 14.1. The topological polar surface area (TPSA) is 17.1 Å². The number of ketones is 1. The molecular weight excluding hydrogens is 311 g/mol. The van der Waals surface area contributed by atoms with Crippen LogP contribution in [0.5, 0.6) is 0 Å². The van der Waals surface area contributed by atoms with Crippen LogP contribution in [0.3, 0.4) is 0 Å². The highest BCUT2D eigenvalue weighted by molar-refractivity contribution is 7.17. The highest BCUT2D eigenvalue weighted by atomic mass is 35.5. The van der Waals surface area contributed by atoms with Gasteiger partial charge in [-0.15, -0.1) is 11.3 Å². The normalized spacial score (nSPS) is 10.9. The SMILES string of the molecule is O=C(Cc1csc2ccccc12)c1ccc(Cl)cc1Cl. The van der Waals surface area contributed by atoms with E-state index in [9.17, 15) is 4.79 Å². The van der Waals surface area contributed by atoms with Gasteiger partial charge in [-0.3, -0.25) is 4.79 Å². The van der Waals surface area contributed by atoms with E-state index < -0.39 is 0 Å². The average Bonchev–Trinajstić information content (AvgIpc) is 2.82. The molecule has 0 unspecified atom stereocenters. The van der Waals surface area contributed by atoms with Crippen LogP contribution in [0.2, 0.25) is 10.0 Å². The zero-order valence-corrected chi connectivity index (χ0v) is 12.7. The number of benzene rings is 2. The second-order valence-corrected chi connectivity index (χ2v) is 6.24. The quantitative estimate of drug-likeness (QED) is 0.571. The van der Waals surface area contributed by atoms with Crippen molar-refractivity contribution in [2.75, 3.05) is 0 Å². The molecule has 0 atom stereocenters. The molecule has 0 amide bonds. The van der Waals surface area contributed by atoms with Crippen molar-refractivity contribution in [2.45, 2.75) is 6.42 Å². The Labute approximate surface area is 130 Å². The lowest BCUT2D eigenvalue weighted by molar-refractivity contribution is 0.0993. The maximum Gasteiger partial charge on any atom is 0.168 e. The van der Waals surface area contributed by atoms with Gasteiger partial charge < -0.3 is 0 Å². The van der Waals surface area contributed by atoms with Crippen LogP contribution in [0.15, 0.2) is 47.8 Å². The van der Waals surface area contributed by atoms with Crippen molar-refractivity contribution in [3.05, 3.63) is 69.0 Å². The second kappa shape index (κ2) is 5.57. The maximum absolute atomic E-state index is 12.4. The number of thiophene rings is 1. The predicted octanol–water partition coefficient (Wildman–Crippen LogP) is 5.63. The van der Waals surface area contributed by atoms with Crippen LogP contribution in [0.4, 0.5) is 0 Å². The highest BCUT2D eigenvalue weighted by Gasteiger charge is 2.14. The molecule has 0 fully saturated rings. The molecule has 3 aromatic rings. The molecule has 0 radical (unpaired) electrons. The summed E-state index contributed by atoms with van der Waals surface area (Å²) in [5.74, 6) is 0.00946. The van der Waals surface area contributed by atoms with Gasteiger partial charge in [0.05, 0.1) is 5.02 Å². The molecule has 0 spiro atoms. The number of hydrogen-bond acceptors (Lipinski definition) is 2. The molecule has 20 heavy (non-hydrogen) atoms. The Kier molecular flexibility index (Phi) is 3.79. The van der Waals surface area contributed by atoms with E-state index in [1.807, 2.05) is 23.6 Å². The first-order valence-electron chi connectivity index (χ1n) is 6.08. The van der Waals surface area contributed by atoms with Crippen LogP contribution in [0.25, 0.3) is 10.1 Å². The number of Topliss-reactive ketones (excluding diaryl/α,β-unsaturated/α-hetero) is 1. The maximum atomic E-state index is 12.4. The van der Waals surface area contributed by atoms with E-state index >= 15 is 0 Å². The summed E-state index contributed by atoms with van der Waals surface area (Å²) in [5.41, 5.74) is 1.56. The summed E-state index contributed by atoms with van der Waals surface area (Å²) >= 11 is 13.6. The van der Waals surface area contributed by atoms with Gasteiger partial charge in [-0.05, 0) is 40.6 Å². The van der Waals surface area contributed by atoms with Crippen molar-refractivity contribution in [3.8, 4) is 0 Å². The molecule has 3 rings (SSSR count). The molecule has 0 aliphatic rings. The lowest BCUT2D eigenvalue weighted by Gasteiger charge is -2.04. The van der Waals surface area contributed by atoms with E-state index in [1.54, 1.807) is 29.5 Å². The molecule has 100 valence electrons. The molecule has 4 heteroatoms. The van der Waals surface area contributed by atoms with E-state index in [4.69, 9.17) is 23.2 Å². The first-order chi connectivity index (χ1) is 9.65. The van der Waals surface area contributed by atoms with Gasteiger partial charge in [0.15, 0.2) is 5.78 Å². The molecule has 1 aromatic heterocycles. The van der Waals surface area contributed by atoms with Gasteiger partial charge in [0.25, 0.3) is 0 Å². The molecule has 1 heterocycles. The van der Waals surface area contributed by atoms with Crippen molar-refractivity contribution in [2.24, 2.45) is 0 Å². The summed E-state index contributed by atoms with van der Waals surface area (Å²) in [7, 11) is 0. The molecule has 0 saturated carbocycles. The summed E-state index contributed by atoms with van der Waals surface area (Å²) in [6, 6.07) is 13.1. The number of halogens is 2. The van der Waals surface area contributed by atoms with Gasteiger partial charge >= 0.3 is 0 Å². The Hall–Kier alpha value is -1.35. The van der Waals surface area contributed by atoms with E-state index in [0.717, 1.165) is 10.9 Å². The van der Waals surface area contributed by atoms with Crippen LogP contribution in [-0.2, 0) is 6.42 Å². The van der Waals surface area contributed by atoms with Gasteiger partial charge in [0, 0.05) is 21.7 Å². The Morgan fingerprint density at radius 1 is 1.10 bits per heavy atom. The zero-order valence-electron chi connectivity index (χ0n) is 10.4. The largest absolute Gasteiger partial charge is 0.294 e. The van der Waals surface area contributed by atoms with E-state index in [-0.39, 0.29) is 5.78 Å². The number of rotatable bonds is 3. The number of fused-ring (bicyclic) bond motifs is 1. The third-order valence-electron chi connectivity index (χ3n) is 3.14. The number of hydrogen-bond donors (Lipinski definition) is 0. The van der Waals surface area contributed by atoms with Gasteiger partial charge in [-0.1, -0.05) is 41.4 Å². The average molecular weight is 321 g/mol. The number of carbonyl (C=O) groups excluding carboxylic acids is 1. The molecular formula is C16H10Cl2OS. The number of carbonyl (C=O) groups is 1. The predicted molar refractivity (Wildman–Crippen MR) is 86.3 cm³/mol. The smallest absolute Gasteiger partial charge is 0.168 e. The van der Waals surface area contributed by atoms with Crippen molar-refractivity contribution in [1.82, 2.24) is 0 Å². The van der Waals surface area contributed by atoms with Crippen molar-refractivity contribution >= 4 is 50.4 Å². The second-order valence-electron chi connectivity index (χ2n) is 4.48. The van der Waals surface area contributed by atoms with Crippen LogP contribution < -0.4 is 0 Å². The summed E-state index contributed by atoms with van der Waals surface area (Å²) in [4.78, 5) is 12.4. The minimum Gasteiger partial charge on any atom is -0.294 e. The van der Waals surface area contributed by atoms with Gasteiger partial charge in [0.1, 0.15) is 0 Å². The lowest BCUT2D eigenvalue weighted by atomic mass is 10.0. The van der Waals surface area contributed by atoms with Gasteiger partial charge in [0.2, 0.25) is 0 Å². The van der Waals surface area contributed by atoms with Gasteiger partial charge in [-0.25, -0.2) is 0 Å². The van der Waals surface area contributed by atoms with Crippen LogP contribution in [-0.4, -0.2) is 5.78 Å². The summed E-state index contributed by atoms with van der Waals surface area (Å²) in [5, 5.41) is 4.11. The Morgan fingerprint density at radius 3 is 2.70 bits per heavy atom. The van der Waals surface area contributed by atoms with E-state index in [2.05, 4.69) is 6.07 Å². The monoisotopic (exact) mass is 320 g/mol. The van der Waals surface area contributed by atoms with E-state index in [0.29, 0.717) is 22.0 Å². The fraction of sp³-hybridized carbons (Fsp3) is 0.0625. The first-order valence-corrected chi connectivity index (χ1v) is 7.72. The Morgan fingerprint density at radius 2 is 1.90 bits per heavy atom. The molecule has 0 aliphatic heterocycles. The lowest BCUT2D eigenvalue weighted by Crippen LogP contribution is -2.03. The molecule has 1 nitrogen and oxygen atoms in total. The van der Waals surface area contributed by atoms with Crippen LogP contribution in [0, 0.1) is 0 Å². The van der Waals surface area contributed by atoms with E-state index in [1.165, 1.54) is 4.70 Å². The van der Waals surface area contributed by atoms with Crippen molar-refractivity contribution in [3.63, 3.8) is 0 Å². The molecule has 0 saturated heterocycles. The minimum absolute atomic E-state index is 0.00946. The molecule has 0 aliphatic carbocycles. The third-order valence-corrected chi connectivity index (χ3v) is 4.70. The highest BCUT2D eigenvalue weighted by Crippen LogP contribution is 2.28. The van der Waals surface area contributed by atoms with Crippen molar-refractivity contribution < 1.29 is 4.79 Å². The molecule has 2 aromatic carbocycles. The standard InChI is InChI=1S/C16H10Cl2OS/c17-11-5-6-13(14(18)8-11)15(19)7-10-9-20-16-4-2-1-3-12(10)16/h1-6,8-9H,7H2. The van der Waals surface area contributed by atoms with Crippen LogP contribution >= 0.6 is 34.5 Å². The molecule has 0 bridgehead atoms. The summed E-state index contributed by atoms with van der Waals surface area (Å²) in [6.45, 7) is 0. The fourth-order valence-electron chi connectivity index (χ4n) is 2.15. The first kappa shape index (κ1) is 13.6.